The van der Waals surface area contributed by atoms with Gasteiger partial charge in [0.15, 0.2) is 5.96 Å². The number of nitrogens with zero attached hydrogens (tertiary/aromatic N) is 3. The van der Waals surface area contributed by atoms with Crippen LogP contribution in [0.25, 0.3) is 0 Å². The molecule has 0 amide bonds. The van der Waals surface area contributed by atoms with Gasteiger partial charge in [0.05, 0.1) is 6.54 Å². The average Bonchev–Trinajstić information content (AvgIpc) is 3.10. The third kappa shape index (κ3) is 6.04. The molecule has 6 heteroatoms. The maximum absolute atomic E-state index is 4.39. The summed E-state index contributed by atoms with van der Waals surface area (Å²) in [6, 6.07) is 8.73. The van der Waals surface area contributed by atoms with Crippen LogP contribution in [0, 0.1) is 12.8 Å². The highest BCUT2D eigenvalue weighted by Gasteiger charge is 2.16. The molecule has 146 valence electrons. The zero-order valence-corrected chi connectivity index (χ0v) is 17.5. The highest BCUT2D eigenvalue weighted by atomic mass is 32.1. The molecular formula is C21H31N5S. The second-order valence-electron chi connectivity index (χ2n) is 7.37. The Bertz CT molecular complexity index is 747. The molecule has 0 unspecified atom stereocenters. The van der Waals surface area contributed by atoms with E-state index in [2.05, 4.69) is 63.6 Å². The molecule has 1 aliphatic rings. The molecule has 0 atom stereocenters. The molecule has 2 aromatic rings. The number of aryl methyl sites for hydroxylation is 1. The Labute approximate surface area is 166 Å². The lowest BCUT2D eigenvalue weighted by atomic mass is 9.98. The third-order valence-electron chi connectivity index (χ3n) is 5.13. The number of piperidine rings is 1. The summed E-state index contributed by atoms with van der Waals surface area (Å²) < 4.78 is 0. The van der Waals surface area contributed by atoms with Crippen LogP contribution in [-0.4, -0.2) is 36.0 Å². The van der Waals surface area contributed by atoms with Crippen molar-refractivity contribution in [3.63, 3.8) is 0 Å². The zero-order valence-electron chi connectivity index (χ0n) is 16.7. The average molecular weight is 386 g/mol. The fraction of sp³-hybridized carbons (Fsp3) is 0.524. The molecule has 1 aliphatic heterocycles. The summed E-state index contributed by atoms with van der Waals surface area (Å²) in [6.45, 7) is 9.37. The Hall–Kier alpha value is -1.92. The van der Waals surface area contributed by atoms with Gasteiger partial charge in [-0.25, -0.2) is 4.98 Å². The van der Waals surface area contributed by atoms with E-state index < -0.39 is 0 Å². The Morgan fingerprint density at radius 2 is 1.89 bits per heavy atom. The second kappa shape index (κ2) is 9.85. The van der Waals surface area contributed by atoms with Gasteiger partial charge in [-0.05, 0) is 49.9 Å². The SMILES string of the molecule is CN=C(NCc1ncc(C)s1)NCc1ccccc1CN1CCC(C)CC1. The molecule has 0 bridgehead atoms. The number of likely N-dealkylation sites (tertiary alicyclic amines) is 1. The lowest BCUT2D eigenvalue weighted by molar-refractivity contribution is 0.185. The summed E-state index contributed by atoms with van der Waals surface area (Å²) in [7, 11) is 1.81. The van der Waals surface area contributed by atoms with Crippen LogP contribution in [0.1, 0.15) is 40.8 Å². The standard InChI is InChI=1S/C21H31N5S/c1-16-8-10-26(11-9-16)15-19-7-5-4-6-18(19)13-24-21(22-3)25-14-20-23-12-17(2)27-20/h4-7,12,16H,8-11,13-15H2,1-3H3,(H2,22,24,25). The van der Waals surface area contributed by atoms with Crippen LogP contribution in [0.4, 0.5) is 0 Å². The van der Waals surface area contributed by atoms with E-state index in [1.54, 1.807) is 11.3 Å². The molecule has 1 fully saturated rings. The van der Waals surface area contributed by atoms with Crippen molar-refractivity contribution in [1.82, 2.24) is 20.5 Å². The van der Waals surface area contributed by atoms with Crippen molar-refractivity contribution >= 4 is 17.3 Å². The Balaban J connectivity index is 1.53. The summed E-state index contributed by atoms with van der Waals surface area (Å²) in [5.41, 5.74) is 2.75. The third-order valence-corrected chi connectivity index (χ3v) is 6.05. The van der Waals surface area contributed by atoms with Crippen molar-refractivity contribution < 1.29 is 0 Å². The van der Waals surface area contributed by atoms with Gasteiger partial charge in [-0.15, -0.1) is 11.3 Å². The number of nitrogens with one attached hydrogen (secondary N) is 2. The minimum absolute atomic E-state index is 0.700. The monoisotopic (exact) mass is 385 g/mol. The Morgan fingerprint density at radius 1 is 1.19 bits per heavy atom. The van der Waals surface area contributed by atoms with E-state index >= 15 is 0 Å². The summed E-state index contributed by atoms with van der Waals surface area (Å²) in [5.74, 6) is 1.68. The van der Waals surface area contributed by atoms with Crippen molar-refractivity contribution in [2.45, 2.75) is 46.3 Å². The number of hydrogen-bond acceptors (Lipinski definition) is 4. The summed E-state index contributed by atoms with van der Waals surface area (Å²) in [4.78, 5) is 12.5. The first kappa shape index (κ1) is 19.8. The first-order chi connectivity index (χ1) is 13.1. The molecule has 1 aromatic heterocycles. The van der Waals surface area contributed by atoms with Crippen LogP contribution in [0.2, 0.25) is 0 Å². The molecule has 0 aliphatic carbocycles. The highest BCUT2D eigenvalue weighted by molar-refractivity contribution is 7.11. The van der Waals surface area contributed by atoms with Crippen LogP contribution in [0.15, 0.2) is 35.5 Å². The van der Waals surface area contributed by atoms with Gasteiger partial charge in [-0.1, -0.05) is 31.2 Å². The van der Waals surface area contributed by atoms with E-state index in [1.165, 1.54) is 41.9 Å². The molecule has 5 nitrogen and oxygen atoms in total. The van der Waals surface area contributed by atoms with Gasteiger partial charge in [0.25, 0.3) is 0 Å². The van der Waals surface area contributed by atoms with Crippen molar-refractivity contribution in [3.8, 4) is 0 Å². The number of aromatic nitrogens is 1. The van der Waals surface area contributed by atoms with E-state index in [1.807, 2.05) is 13.2 Å². The lowest BCUT2D eigenvalue weighted by Crippen LogP contribution is -2.37. The first-order valence-electron chi connectivity index (χ1n) is 9.79. The number of guanidine groups is 1. The van der Waals surface area contributed by atoms with E-state index in [9.17, 15) is 0 Å². The van der Waals surface area contributed by atoms with Gasteiger partial charge in [-0.2, -0.15) is 0 Å². The maximum Gasteiger partial charge on any atom is 0.191 e. The van der Waals surface area contributed by atoms with Crippen LogP contribution in [0.3, 0.4) is 0 Å². The van der Waals surface area contributed by atoms with Crippen molar-refractivity contribution in [2.24, 2.45) is 10.9 Å². The van der Waals surface area contributed by atoms with Crippen molar-refractivity contribution in [3.05, 3.63) is 51.5 Å². The first-order valence-corrected chi connectivity index (χ1v) is 10.6. The second-order valence-corrected chi connectivity index (χ2v) is 8.69. The summed E-state index contributed by atoms with van der Waals surface area (Å²) >= 11 is 1.71. The molecular weight excluding hydrogens is 354 g/mol. The van der Waals surface area contributed by atoms with Gasteiger partial charge in [0.2, 0.25) is 0 Å². The Morgan fingerprint density at radius 3 is 2.56 bits per heavy atom. The maximum atomic E-state index is 4.39. The molecule has 2 heterocycles. The van der Waals surface area contributed by atoms with E-state index in [-0.39, 0.29) is 0 Å². The number of benzene rings is 1. The zero-order chi connectivity index (χ0) is 19.1. The predicted molar refractivity (Wildman–Crippen MR) is 114 cm³/mol. The Kier molecular flexibility index (Phi) is 7.24. The van der Waals surface area contributed by atoms with Gasteiger partial charge in [0, 0.05) is 31.2 Å². The number of aliphatic imine (C=N–C) groups is 1. The topological polar surface area (TPSA) is 52.6 Å². The normalized spacial score (nSPS) is 16.5. The van der Waals surface area contributed by atoms with Gasteiger partial charge < -0.3 is 10.6 Å². The van der Waals surface area contributed by atoms with E-state index in [0.717, 1.165) is 30.0 Å². The molecule has 0 radical (unpaired) electrons. The summed E-state index contributed by atoms with van der Waals surface area (Å²) in [6.07, 6.45) is 4.54. The fourth-order valence-electron chi connectivity index (χ4n) is 3.39. The van der Waals surface area contributed by atoms with Gasteiger partial charge in [0.1, 0.15) is 5.01 Å². The number of hydrogen-bond donors (Lipinski definition) is 2. The molecule has 0 saturated carbocycles. The molecule has 3 rings (SSSR count). The summed E-state index contributed by atoms with van der Waals surface area (Å²) in [5, 5.41) is 7.87. The van der Waals surface area contributed by atoms with Gasteiger partial charge >= 0.3 is 0 Å². The largest absolute Gasteiger partial charge is 0.352 e. The molecule has 0 spiro atoms. The van der Waals surface area contributed by atoms with Crippen LogP contribution in [0.5, 0.6) is 0 Å². The number of thiazole rings is 1. The molecule has 27 heavy (non-hydrogen) atoms. The van der Waals surface area contributed by atoms with Gasteiger partial charge in [-0.3, -0.25) is 9.89 Å². The molecule has 1 saturated heterocycles. The quantitative estimate of drug-likeness (QED) is 0.590. The van der Waals surface area contributed by atoms with Crippen molar-refractivity contribution in [2.75, 3.05) is 20.1 Å². The van der Waals surface area contributed by atoms with Crippen LogP contribution < -0.4 is 10.6 Å². The molecule has 1 aromatic carbocycles. The molecule has 2 N–H and O–H groups in total. The van der Waals surface area contributed by atoms with E-state index in [4.69, 9.17) is 0 Å². The van der Waals surface area contributed by atoms with Crippen molar-refractivity contribution in [1.29, 1.82) is 0 Å². The lowest BCUT2D eigenvalue weighted by Gasteiger charge is -2.30. The fourth-order valence-corrected chi connectivity index (χ4v) is 4.11. The predicted octanol–water partition coefficient (Wildman–Crippen LogP) is 3.55. The number of rotatable bonds is 6. The van der Waals surface area contributed by atoms with Crippen LogP contribution >= 0.6 is 11.3 Å². The van der Waals surface area contributed by atoms with Crippen LogP contribution in [-0.2, 0) is 19.6 Å². The minimum atomic E-state index is 0.700. The minimum Gasteiger partial charge on any atom is -0.352 e. The highest BCUT2D eigenvalue weighted by Crippen LogP contribution is 2.19. The van der Waals surface area contributed by atoms with E-state index in [0.29, 0.717) is 6.54 Å². The smallest absolute Gasteiger partial charge is 0.191 e.